The van der Waals surface area contributed by atoms with E-state index in [0.29, 0.717) is 11.8 Å². The first-order valence-corrected chi connectivity index (χ1v) is 5.31. The second-order valence-electron chi connectivity index (χ2n) is 3.34. The van der Waals surface area contributed by atoms with Gasteiger partial charge in [-0.1, -0.05) is 15.9 Å². The van der Waals surface area contributed by atoms with E-state index in [2.05, 4.69) is 21.2 Å². The third kappa shape index (κ3) is 1.60. The molecule has 0 aliphatic carbocycles. The summed E-state index contributed by atoms with van der Waals surface area (Å²) in [6.45, 7) is 1.05. The minimum absolute atomic E-state index is 0.194. The second kappa shape index (κ2) is 3.79. The van der Waals surface area contributed by atoms with Crippen molar-refractivity contribution in [2.24, 2.45) is 0 Å². The molecular weight excluding hydrogens is 246 g/mol. The number of phenolic OH excluding ortho intramolecular Hbond substituents is 1. The molecule has 2 N–H and O–H groups in total. The summed E-state index contributed by atoms with van der Waals surface area (Å²) >= 11 is 3.47. The van der Waals surface area contributed by atoms with Gasteiger partial charge in [0.05, 0.1) is 7.11 Å². The minimum Gasteiger partial charge on any atom is -0.504 e. The Balaban J connectivity index is 2.36. The van der Waals surface area contributed by atoms with Crippen LogP contribution in [0.15, 0.2) is 16.6 Å². The Bertz CT molecular complexity index is 350. The first-order chi connectivity index (χ1) is 6.72. The molecule has 1 aromatic carbocycles. The van der Waals surface area contributed by atoms with Crippen molar-refractivity contribution in [2.75, 3.05) is 13.7 Å². The van der Waals surface area contributed by atoms with Crippen LogP contribution in [0.2, 0.25) is 0 Å². The zero-order valence-corrected chi connectivity index (χ0v) is 9.47. The van der Waals surface area contributed by atoms with Gasteiger partial charge in [-0.2, -0.15) is 0 Å². The number of hydrogen-bond donors (Lipinski definition) is 2. The highest BCUT2D eigenvalue weighted by atomic mass is 79.9. The van der Waals surface area contributed by atoms with Crippen LogP contribution in [0.3, 0.4) is 0 Å². The summed E-state index contributed by atoms with van der Waals surface area (Å²) in [7, 11) is 1.54. The van der Waals surface area contributed by atoms with Crippen LogP contribution in [0.25, 0.3) is 0 Å². The van der Waals surface area contributed by atoms with Gasteiger partial charge >= 0.3 is 0 Å². The highest BCUT2D eigenvalue weighted by Gasteiger charge is 2.22. The number of methoxy groups -OCH3 is 1. The monoisotopic (exact) mass is 257 g/mol. The first-order valence-electron chi connectivity index (χ1n) is 4.52. The number of halogens is 1. The number of nitrogens with one attached hydrogen (secondary N) is 1. The van der Waals surface area contributed by atoms with Gasteiger partial charge in [0.25, 0.3) is 0 Å². The lowest BCUT2D eigenvalue weighted by Gasteiger charge is -2.29. The van der Waals surface area contributed by atoms with Crippen LogP contribution in [0.5, 0.6) is 11.5 Å². The molecule has 1 aliphatic heterocycles. The number of phenols is 1. The van der Waals surface area contributed by atoms with Crippen molar-refractivity contribution in [3.63, 3.8) is 0 Å². The van der Waals surface area contributed by atoms with Crippen molar-refractivity contribution in [2.45, 2.75) is 12.5 Å². The number of aromatic hydroxyl groups is 1. The maximum Gasteiger partial charge on any atom is 0.161 e. The van der Waals surface area contributed by atoms with E-state index in [4.69, 9.17) is 4.74 Å². The predicted octanol–water partition coefficient (Wildman–Crippen LogP) is 2.20. The van der Waals surface area contributed by atoms with Crippen LogP contribution in [-0.4, -0.2) is 18.8 Å². The Labute approximate surface area is 91.2 Å². The molecule has 14 heavy (non-hydrogen) atoms. The fraction of sp³-hybridized carbons (Fsp3) is 0.400. The van der Waals surface area contributed by atoms with E-state index >= 15 is 0 Å². The van der Waals surface area contributed by atoms with Crippen molar-refractivity contribution in [3.8, 4) is 11.5 Å². The molecule has 3 nitrogen and oxygen atoms in total. The normalized spacial score (nSPS) is 20.3. The highest BCUT2D eigenvalue weighted by molar-refractivity contribution is 9.10. The summed E-state index contributed by atoms with van der Waals surface area (Å²) in [4.78, 5) is 0. The molecule has 4 heteroatoms. The molecule has 0 amide bonds. The van der Waals surface area contributed by atoms with Gasteiger partial charge in [0, 0.05) is 10.5 Å². The molecule has 0 unspecified atom stereocenters. The molecule has 1 heterocycles. The Morgan fingerprint density at radius 1 is 1.57 bits per heavy atom. The zero-order chi connectivity index (χ0) is 10.1. The third-order valence-electron chi connectivity index (χ3n) is 2.50. The van der Waals surface area contributed by atoms with Crippen LogP contribution in [-0.2, 0) is 0 Å². The van der Waals surface area contributed by atoms with Crippen molar-refractivity contribution in [3.05, 3.63) is 22.2 Å². The molecule has 0 aromatic heterocycles. The third-order valence-corrected chi connectivity index (χ3v) is 3.18. The van der Waals surface area contributed by atoms with Crippen LogP contribution in [0.4, 0.5) is 0 Å². The van der Waals surface area contributed by atoms with Gasteiger partial charge in [-0.05, 0) is 30.7 Å². The average Bonchev–Trinajstić information content (AvgIpc) is 2.08. The van der Waals surface area contributed by atoms with Crippen molar-refractivity contribution >= 4 is 15.9 Å². The summed E-state index contributed by atoms with van der Waals surface area (Å²) in [5.41, 5.74) is 1.09. The van der Waals surface area contributed by atoms with E-state index in [0.717, 1.165) is 23.0 Å². The molecule has 76 valence electrons. The van der Waals surface area contributed by atoms with E-state index in [-0.39, 0.29) is 5.75 Å². The lowest BCUT2D eigenvalue weighted by molar-refractivity contribution is 0.362. The largest absolute Gasteiger partial charge is 0.504 e. The molecule has 1 atom stereocenters. The molecular formula is C10H12BrNO2. The molecule has 0 saturated carbocycles. The Hall–Kier alpha value is -0.740. The molecule has 0 bridgehead atoms. The summed E-state index contributed by atoms with van der Waals surface area (Å²) in [5.74, 6) is 0.694. The molecule has 0 spiro atoms. The number of rotatable bonds is 2. The van der Waals surface area contributed by atoms with Gasteiger partial charge in [0.2, 0.25) is 0 Å². The first kappa shape index (κ1) is 9.80. The molecule has 1 fully saturated rings. The van der Waals surface area contributed by atoms with Crippen LogP contribution in [0.1, 0.15) is 18.0 Å². The summed E-state index contributed by atoms with van der Waals surface area (Å²) in [5, 5.41) is 12.9. The average molecular weight is 258 g/mol. The number of hydrogen-bond acceptors (Lipinski definition) is 3. The van der Waals surface area contributed by atoms with Gasteiger partial charge in [0.15, 0.2) is 11.5 Å². The van der Waals surface area contributed by atoms with Gasteiger partial charge in [-0.3, -0.25) is 0 Å². The van der Waals surface area contributed by atoms with Crippen molar-refractivity contribution in [1.82, 2.24) is 5.32 Å². The van der Waals surface area contributed by atoms with Gasteiger partial charge < -0.3 is 15.2 Å². The standard InChI is InChI=1S/C10H12BrNO2/c1-14-10-5-7(11)6(4-9(10)13)8-2-3-12-8/h4-5,8,12-13H,2-3H2,1H3/t8-/m1/s1. The summed E-state index contributed by atoms with van der Waals surface area (Å²) in [6.07, 6.45) is 1.12. The lowest BCUT2D eigenvalue weighted by atomic mass is 9.98. The number of benzene rings is 1. The predicted molar refractivity (Wildman–Crippen MR) is 57.7 cm³/mol. The van der Waals surface area contributed by atoms with Gasteiger partial charge in [-0.25, -0.2) is 0 Å². The molecule has 1 aromatic rings. The van der Waals surface area contributed by atoms with Gasteiger partial charge in [-0.15, -0.1) is 0 Å². The van der Waals surface area contributed by atoms with E-state index in [1.54, 1.807) is 19.2 Å². The lowest BCUT2D eigenvalue weighted by Crippen LogP contribution is -2.35. The van der Waals surface area contributed by atoms with E-state index in [9.17, 15) is 5.11 Å². The van der Waals surface area contributed by atoms with Crippen molar-refractivity contribution < 1.29 is 9.84 Å². The fourth-order valence-corrected chi connectivity index (χ4v) is 2.14. The van der Waals surface area contributed by atoms with Crippen molar-refractivity contribution in [1.29, 1.82) is 0 Å². The quantitative estimate of drug-likeness (QED) is 0.854. The topological polar surface area (TPSA) is 41.5 Å². The van der Waals surface area contributed by atoms with Gasteiger partial charge in [0.1, 0.15) is 0 Å². The fourth-order valence-electron chi connectivity index (χ4n) is 1.54. The summed E-state index contributed by atoms with van der Waals surface area (Å²) in [6, 6.07) is 3.91. The molecule has 2 rings (SSSR count). The summed E-state index contributed by atoms with van der Waals surface area (Å²) < 4.78 is 5.99. The van der Waals surface area contributed by atoms with E-state index in [1.807, 2.05) is 0 Å². The maximum atomic E-state index is 9.61. The van der Waals surface area contributed by atoms with Crippen LogP contribution >= 0.6 is 15.9 Å². The Morgan fingerprint density at radius 2 is 2.29 bits per heavy atom. The number of ether oxygens (including phenoxy) is 1. The van der Waals surface area contributed by atoms with Crippen LogP contribution < -0.4 is 10.1 Å². The molecule has 1 saturated heterocycles. The molecule has 1 aliphatic rings. The minimum atomic E-state index is 0.194. The van der Waals surface area contributed by atoms with E-state index < -0.39 is 0 Å². The Kier molecular flexibility index (Phi) is 2.65. The Morgan fingerprint density at radius 3 is 2.79 bits per heavy atom. The zero-order valence-electron chi connectivity index (χ0n) is 7.88. The highest BCUT2D eigenvalue weighted by Crippen LogP contribution is 2.37. The molecule has 0 radical (unpaired) electrons. The second-order valence-corrected chi connectivity index (χ2v) is 4.20. The van der Waals surface area contributed by atoms with E-state index in [1.165, 1.54) is 0 Å². The van der Waals surface area contributed by atoms with Crippen LogP contribution in [0, 0.1) is 0 Å². The smallest absolute Gasteiger partial charge is 0.161 e. The SMILES string of the molecule is COc1cc(Br)c([C@H]2CCN2)cc1O. The maximum absolute atomic E-state index is 9.61.